The van der Waals surface area contributed by atoms with Crippen LogP contribution in [0.3, 0.4) is 0 Å². The summed E-state index contributed by atoms with van der Waals surface area (Å²) in [5, 5.41) is 1.91. The van der Waals surface area contributed by atoms with Crippen LogP contribution >= 0.6 is 11.3 Å². The van der Waals surface area contributed by atoms with Crippen molar-refractivity contribution in [1.29, 1.82) is 0 Å². The average molecular weight is 317 g/mol. The Morgan fingerprint density at radius 2 is 2.14 bits per heavy atom. The van der Waals surface area contributed by atoms with Crippen molar-refractivity contribution in [2.45, 2.75) is 38.1 Å². The number of amides is 1. The summed E-state index contributed by atoms with van der Waals surface area (Å²) in [6.07, 6.45) is 5.90. The van der Waals surface area contributed by atoms with Gasteiger partial charge < -0.3 is 9.32 Å². The number of Topliss-reactive ketones (excluding diaryl/α,β-unsaturated/α-hetero) is 1. The van der Waals surface area contributed by atoms with Gasteiger partial charge in [0, 0.05) is 19.0 Å². The van der Waals surface area contributed by atoms with E-state index in [0.717, 1.165) is 37.1 Å². The Hall–Kier alpha value is -1.88. The molecule has 2 aromatic heterocycles. The zero-order chi connectivity index (χ0) is 15.4. The van der Waals surface area contributed by atoms with E-state index < -0.39 is 0 Å². The highest BCUT2D eigenvalue weighted by Gasteiger charge is 2.29. The lowest BCUT2D eigenvalue weighted by atomic mass is 10.0. The van der Waals surface area contributed by atoms with E-state index in [1.54, 1.807) is 12.1 Å². The summed E-state index contributed by atoms with van der Waals surface area (Å²) in [6.45, 7) is 0.729. The van der Waals surface area contributed by atoms with E-state index in [9.17, 15) is 9.59 Å². The highest BCUT2D eigenvalue weighted by molar-refractivity contribution is 7.12. The number of rotatable bonds is 4. The second kappa shape index (κ2) is 6.92. The molecule has 116 valence electrons. The number of nitrogens with zero attached hydrogens (tertiary/aromatic N) is 1. The second-order valence-electron chi connectivity index (χ2n) is 5.58. The molecule has 0 saturated carbocycles. The summed E-state index contributed by atoms with van der Waals surface area (Å²) in [5.74, 6) is 0.405. The molecule has 22 heavy (non-hydrogen) atoms. The molecule has 4 nitrogen and oxygen atoms in total. The molecule has 1 aliphatic heterocycles. The predicted octanol–water partition coefficient (Wildman–Crippen LogP) is 4.00. The third-order valence-electron chi connectivity index (χ3n) is 4.09. The smallest absolute Gasteiger partial charge is 0.264 e. The molecule has 0 spiro atoms. The van der Waals surface area contributed by atoms with Gasteiger partial charge in [-0.3, -0.25) is 9.59 Å². The zero-order valence-electron chi connectivity index (χ0n) is 12.4. The van der Waals surface area contributed by atoms with E-state index in [1.807, 2.05) is 22.4 Å². The molecule has 0 aromatic carbocycles. The van der Waals surface area contributed by atoms with Crippen molar-refractivity contribution in [1.82, 2.24) is 4.90 Å². The SMILES string of the molecule is O=C(C[C@@H]1CCCCCN1C(=O)c1cccs1)c1ccco1. The Bertz CT molecular complexity index is 618. The van der Waals surface area contributed by atoms with Gasteiger partial charge in [-0.05, 0) is 36.4 Å². The lowest BCUT2D eigenvalue weighted by Gasteiger charge is -2.29. The van der Waals surface area contributed by atoms with Gasteiger partial charge >= 0.3 is 0 Å². The summed E-state index contributed by atoms with van der Waals surface area (Å²) in [7, 11) is 0. The first-order chi connectivity index (χ1) is 10.8. The number of thiophene rings is 1. The quantitative estimate of drug-likeness (QED) is 0.801. The highest BCUT2D eigenvalue weighted by atomic mass is 32.1. The monoisotopic (exact) mass is 317 g/mol. The standard InChI is InChI=1S/C17H19NO3S/c19-14(15-7-4-10-21-15)12-13-6-2-1-3-9-18(13)17(20)16-8-5-11-22-16/h4-5,7-8,10-11,13H,1-3,6,9,12H2/t13-/m0/s1. The van der Waals surface area contributed by atoms with Crippen LogP contribution in [0.5, 0.6) is 0 Å². The molecule has 1 fully saturated rings. The van der Waals surface area contributed by atoms with Crippen LogP contribution in [-0.2, 0) is 0 Å². The third-order valence-corrected chi connectivity index (χ3v) is 4.94. The van der Waals surface area contributed by atoms with Gasteiger partial charge in [-0.2, -0.15) is 0 Å². The highest BCUT2D eigenvalue weighted by Crippen LogP contribution is 2.24. The number of carbonyl (C=O) groups is 2. The van der Waals surface area contributed by atoms with Crippen LogP contribution in [0.25, 0.3) is 0 Å². The van der Waals surface area contributed by atoms with Crippen molar-refractivity contribution < 1.29 is 14.0 Å². The molecule has 0 bridgehead atoms. The van der Waals surface area contributed by atoms with Crippen LogP contribution in [0.4, 0.5) is 0 Å². The van der Waals surface area contributed by atoms with E-state index in [2.05, 4.69) is 0 Å². The number of ketones is 1. The molecule has 1 aliphatic rings. The van der Waals surface area contributed by atoms with Crippen molar-refractivity contribution in [3.63, 3.8) is 0 Å². The molecule has 0 N–H and O–H groups in total. The van der Waals surface area contributed by atoms with Gasteiger partial charge in [-0.1, -0.05) is 18.9 Å². The van der Waals surface area contributed by atoms with E-state index in [0.29, 0.717) is 12.2 Å². The molecule has 2 aromatic rings. The van der Waals surface area contributed by atoms with Gasteiger partial charge in [0.15, 0.2) is 11.5 Å². The van der Waals surface area contributed by atoms with Crippen LogP contribution in [0, 0.1) is 0 Å². The van der Waals surface area contributed by atoms with Crippen LogP contribution in [0.1, 0.15) is 52.3 Å². The van der Waals surface area contributed by atoms with Gasteiger partial charge in [-0.15, -0.1) is 11.3 Å². The molecule has 3 rings (SSSR count). The van der Waals surface area contributed by atoms with Crippen LogP contribution in [0.2, 0.25) is 0 Å². The molecule has 0 unspecified atom stereocenters. The molecule has 3 heterocycles. The number of furan rings is 1. The van der Waals surface area contributed by atoms with Crippen LogP contribution in [0.15, 0.2) is 40.3 Å². The lowest BCUT2D eigenvalue weighted by Crippen LogP contribution is -2.40. The predicted molar refractivity (Wildman–Crippen MR) is 85.3 cm³/mol. The summed E-state index contributed by atoms with van der Waals surface area (Å²) in [4.78, 5) is 27.6. The topological polar surface area (TPSA) is 50.5 Å². The Balaban J connectivity index is 1.76. The minimum atomic E-state index is -0.0327. The molecule has 1 saturated heterocycles. The van der Waals surface area contributed by atoms with Crippen molar-refractivity contribution >= 4 is 23.0 Å². The van der Waals surface area contributed by atoms with Crippen molar-refractivity contribution in [3.8, 4) is 0 Å². The number of hydrogen-bond acceptors (Lipinski definition) is 4. The lowest BCUT2D eigenvalue weighted by molar-refractivity contribution is 0.0660. The van der Waals surface area contributed by atoms with E-state index in [1.165, 1.54) is 17.6 Å². The number of carbonyl (C=O) groups excluding carboxylic acids is 2. The Morgan fingerprint density at radius 1 is 1.23 bits per heavy atom. The zero-order valence-corrected chi connectivity index (χ0v) is 13.2. The fourth-order valence-corrected chi connectivity index (χ4v) is 3.63. The minimum Gasteiger partial charge on any atom is -0.461 e. The average Bonchev–Trinajstić information content (AvgIpc) is 3.18. The molecule has 0 aliphatic carbocycles. The van der Waals surface area contributed by atoms with E-state index >= 15 is 0 Å². The first-order valence-corrected chi connectivity index (χ1v) is 8.55. The Kier molecular flexibility index (Phi) is 4.73. The molecular weight excluding hydrogens is 298 g/mol. The van der Waals surface area contributed by atoms with Gasteiger partial charge in [0.2, 0.25) is 0 Å². The minimum absolute atomic E-state index is 0.0270. The first-order valence-electron chi connectivity index (χ1n) is 7.67. The van der Waals surface area contributed by atoms with Gasteiger partial charge in [0.25, 0.3) is 5.91 Å². The summed E-state index contributed by atoms with van der Waals surface area (Å²) >= 11 is 1.46. The molecular formula is C17H19NO3S. The van der Waals surface area contributed by atoms with Crippen molar-refractivity contribution in [2.24, 2.45) is 0 Å². The summed E-state index contributed by atoms with van der Waals surface area (Å²) in [6, 6.07) is 7.11. The van der Waals surface area contributed by atoms with Crippen molar-refractivity contribution in [3.05, 3.63) is 46.5 Å². The second-order valence-corrected chi connectivity index (χ2v) is 6.53. The Morgan fingerprint density at radius 3 is 2.86 bits per heavy atom. The van der Waals surface area contributed by atoms with Crippen LogP contribution < -0.4 is 0 Å². The van der Waals surface area contributed by atoms with Crippen molar-refractivity contribution in [2.75, 3.05) is 6.54 Å². The number of hydrogen-bond donors (Lipinski definition) is 0. The maximum atomic E-state index is 12.7. The molecule has 0 radical (unpaired) electrons. The Labute approximate surface area is 133 Å². The first kappa shape index (κ1) is 15.0. The fraction of sp³-hybridized carbons (Fsp3) is 0.412. The van der Waals surface area contributed by atoms with Gasteiger partial charge in [0.1, 0.15) is 0 Å². The molecule has 5 heteroatoms. The normalized spacial score (nSPS) is 18.9. The van der Waals surface area contributed by atoms with E-state index in [-0.39, 0.29) is 17.7 Å². The van der Waals surface area contributed by atoms with Gasteiger partial charge in [-0.25, -0.2) is 0 Å². The molecule has 1 atom stereocenters. The maximum Gasteiger partial charge on any atom is 0.264 e. The summed E-state index contributed by atoms with van der Waals surface area (Å²) < 4.78 is 5.19. The van der Waals surface area contributed by atoms with Crippen LogP contribution in [-0.4, -0.2) is 29.2 Å². The maximum absolute atomic E-state index is 12.7. The summed E-state index contributed by atoms with van der Waals surface area (Å²) in [5.41, 5.74) is 0. The molecule has 1 amide bonds. The van der Waals surface area contributed by atoms with Gasteiger partial charge in [0.05, 0.1) is 11.1 Å². The largest absolute Gasteiger partial charge is 0.461 e. The third kappa shape index (κ3) is 3.30. The fourth-order valence-electron chi connectivity index (χ4n) is 2.95. The number of likely N-dealkylation sites (tertiary alicyclic amines) is 1. The van der Waals surface area contributed by atoms with E-state index in [4.69, 9.17) is 4.42 Å².